The summed E-state index contributed by atoms with van der Waals surface area (Å²) in [7, 11) is 0. The van der Waals surface area contributed by atoms with E-state index in [-0.39, 0.29) is 22.8 Å². The number of phenols is 1. The molecule has 0 saturated heterocycles. The van der Waals surface area contributed by atoms with Gasteiger partial charge in [-0.05, 0) is 49.1 Å². The second-order valence-corrected chi connectivity index (χ2v) is 10.8. The third kappa shape index (κ3) is 6.27. The van der Waals surface area contributed by atoms with Crippen LogP contribution in [0, 0.1) is 6.92 Å². The lowest BCUT2D eigenvalue weighted by Gasteiger charge is -2.19. The number of rotatable bonds is 7. The lowest BCUT2D eigenvalue weighted by Crippen LogP contribution is -2.21. The van der Waals surface area contributed by atoms with Gasteiger partial charge in [0.15, 0.2) is 11.0 Å². The van der Waals surface area contributed by atoms with E-state index in [2.05, 4.69) is 65.8 Å². The Morgan fingerprint density at radius 2 is 1.68 bits per heavy atom. The average Bonchev–Trinajstić information content (AvgIpc) is 3.30. The first kappa shape index (κ1) is 26.2. The second kappa shape index (κ2) is 11.0. The van der Waals surface area contributed by atoms with E-state index in [0.29, 0.717) is 22.3 Å². The standard InChI is InChI=1S/C29H31N5O2S/c1-19-10-16-23(17-11-19)34-27(21-12-14-22(15-13-21)29(3,4)5)32-33-28(34)37-18-26(36)31-30-20(2)24-8-6-7-9-25(24)35/h6-17,35H,18H2,1-5H3,(H,31,36)/b30-20-. The summed E-state index contributed by atoms with van der Waals surface area (Å²) in [6, 6.07) is 23.4. The number of carbonyl (C=O) groups is 1. The van der Waals surface area contributed by atoms with Gasteiger partial charge in [0.05, 0.1) is 11.5 Å². The van der Waals surface area contributed by atoms with E-state index >= 15 is 0 Å². The number of benzene rings is 3. The maximum Gasteiger partial charge on any atom is 0.250 e. The number of aromatic nitrogens is 3. The zero-order valence-corrected chi connectivity index (χ0v) is 22.5. The molecule has 1 heterocycles. The number of aromatic hydroxyl groups is 1. The Morgan fingerprint density at radius 1 is 1.00 bits per heavy atom. The molecule has 3 aromatic carbocycles. The topological polar surface area (TPSA) is 92.4 Å². The number of hydrogen-bond acceptors (Lipinski definition) is 6. The molecule has 1 amide bonds. The molecule has 0 aliphatic rings. The Balaban J connectivity index is 1.56. The molecule has 0 spiro atoms. The van der Waals surface area contributed by atoms with Crippen molar-refractivity contribution in [2.45, 2.75) is 45.2 Å². The summed E-state index contributed by atoms with van der Waals surface area (Å²) in [6.07, 6.45) is 0. The highest BCUT2D eigenvalue weighted by Crippen LogP contribution is 2.30. The first-order valence-corrected chi connectivity index (χ1v) is 13.0. The van der Waals surface area contributed by atoms with E-state index in [9.17, 15) is 9.90 Å². The van der Waals surface area contributed by atoms with Crippen LogP contribution < -0.4 is 5.43 Å². The summed E-state index contributed by atoms with van der Waals surface area (Å²) in [5, 5.41) is 23.6. The van der Waals surface area contributed by atoms with Gasteiger partial charge in [0, 0.05) is 16.8 Å². The van der Waals surface area contributed by atoms with Crippen LogP contribution in [0.4, 0.5) is 0 Å². The summed E-state index contributed by atoms with van der Waals surface area (Å²) >= 11 is 1.29. The number of aryl methyl sites for hydroxylation is 1. The van der Waals surface area contributed by atoms with Gasteiger partial charge < -0.3 is 5.11 Å². The third-order valence-electron chi connectivity index (χ3n) is 5.91. The summed E-state index contributed by atoms with van der Waals surface area (Å²) in [6.45, 7) is 10.3. The summed E-state index contributed by atoms with van der Waals surface area (Å²) < 4.78 is 1.97. The number of amides is 1. The lowest BCUT2D eigenvalue weighted by atomic mass is 9.87. The minimum absolute atomic E-state index is 0.0532. The number of nitrogens with one attached hydrogen (secondary N) is 1. The van der Waals surface area contributed by atoms with Crippen molar-refractivity contribution in [1.29, 1.82) is 0 Å². The molecule has 0 bridgehead atoms. The normalized spacial score (nSPS) is 12.0. The number of nitrogens with zero attached hydrogens (tertiary/aromatic N) is 4. The van der Waals surface area contributed by atoms with Crippen molar-refractivity contribution in [3.63, 3.8) is 0 Å². The minimum atomic E-state index is -0.283. The predicted octanol–water partition coefficient (Wildman–Crippen LogP) is 5.88. The van der Waals surface area contributed by atoms with Crippen LogP contribution >= 0.6 is 11.8 Å². The van der Waals surface area contributed by atoms with Gasteiger partial charge in [0.1, 0.15) is 5.75 Å². The van der Waals surface area contributed by atoms with E-state index < -0.39 is 0 Å². The SMILES string of the molecule is C/C(=N/NC(=O)CSc1nnc(-c2ccc(C(C)(C)C)cc2)n1-c1ccc(C)cc1)c1ccccc1O. The number of hydrazone groups is 1. The van der Waals surface area contributed by atoms with Crippen LogP contribution in [0.1, 0.15) is 44.4 Å². The molecule has 4 rings (SSSR count). The Kier molecular flexibility index (Phi) is 7.78. The second-order valence-electron chi connectivity index (χ2n) is 9.84. The van der Waals surface area contributed by atoms with Crippen LogP contribution in [0.15, 0.2) is 83.1 Å². The molecule has 7 nitrogen and oxygen atoms in total. The molecule has 0 atom stereocenters. The van der Waals surface area contributed by atoms with E-state index in [1.54, 1.807) is 31.2 Å². The molecule has 8 heteroatoms. The molecule has 1 aromatic heterocycles. The quantitative estimate of drug-likeness (QED) is 0.183. The molecular formula is C29H31N5O2S. The van der Waals surface area contributed by atoms with Crippen LogP contribution in [0.2, 0.25) is 0 Å². The van der Waals surface area contributed by atoms with Crippen LogP contribution in [-0.4, -0.2) is 37.2 Å². The van der Waals surface area contributed by atoms with Gasteiger partial charge in [-0.1, -0.05) is 86.6 Å². The van der Waals surface area contributed by atoms with E-state index in [1.165, 1.54) is 17.3 Å². The summed E-state index contributed by atoms with van der Waals surface area (Å²) in [5.74, 6) is 0.640. The number of phenolic OH excluding ortho intramolecular Hbond substituents is 1. The van der Waals surface area contributed by atoms with Gasteiger partial charge >= 0.3 is 0 Å². The maximum atomic E-state index is 12.6. The number of para-hydroxylation sites is 1. The molecule has 0 unspecified atom stereocenters. The zero-order chi connectivity index (χ0) is 26.6. The zero-order valence-electron chi connectivity index (χ0n) is 21.7. The number of carbonyl (C=O) groups excluding carboxylic acids is 1. The summed E-state index contributed by atoms with van der Waals surface area (Å²) in [4.78, 5) is 12.6. The van der Waals surface area contributed by atoms with Gasteiger partial charge in [-0.15, -0.1) is 10.2 Å². The van der Waals surface area contributed by atoms with Gasteiger partial charge in [-0.3, -0.25) is 9.36 Å². The van der Waals surface area contributed by atoms with Crippen molar-refractivity contribution in [2.75, 3.05) is 5.75 Å². The number of thioether (sulfide) groups is 1. The summed E-state index contributed by atoms with van der Waals surface area (Å²) in [5.41, 5.74) is 7.95. The average molecular weight is 514 g/mol. The lowest BCUT2D eigenvalue weighted by molar-refractivity contribution is -0.118. The van der Waals surface area contributed by atoms with Crippen molar-refractivity contribution >= 4 is 23.4 Å². The molecular weight excluding hydrogens is 482 g/mol. The fourth-order valence-corrected chi connectivity index (χ4v) is 4.49. The van der Waals surface area contributed by atoms with Crippen LogP contribution in [-0.2, 0) is 10.2 Å². The first-order valence-electron chi connectivity index (χ1n) is 12.0. The molecule has 190 valence electrons. The van der Waals surface area contributed by atoms with Crippen molar-refractivity contribution < 1.29 is 9.90 Å². The molecule has 0 saturated carbocycles. The Bertz CT molecular complexity index is 1420. The smallest absolute Gasteiger partial charge is 0.250 e. The van der Waals surface area contributed by atoms with Gasteiger partial charge in [-0.2, -0.15) is 5.10 Å². The van der Waals surface area contributed by atoms with Crippen LogP contribution in [0.3, 0.4) is 0 Å². The van der Waals surface area contributed by atoms with Gasteiger partial charge in [-0.25, -0.2) is 5.43 Å². The molecule has 37 heavy (non-hydrogen) atoms. The largest absolute Gasteiger partial charge is 0.507 e. The third-order valence-corrected chi connectivity index (χ3v) is 6.84. The maximum absolute atomic E-state index is 12.6. The minimum Gasteiger partial charge on any atom is -0.507 e. The van der Waals surface area contributed by atoms with Crippen molar-refractivity contribution in [2.24, 2.45) is 5.10 Å². The highest BCUT2D eigenvalue weighted by molar-refractivity contribution is 7.99. The molecule has 4 aromatic rings. The first-order chi connectivity index (χ1) is 17.6. The number of hydrogen-bond donors (Lipinski definition) is 2. The highest BCUT2D eigenvalue weighted by atomic mass is 32.2. The van der Waals surface area contributed by atoms with Crippen molar-refractivity contribution in [3.05, 3.63) is 89.5 Å². The van der Waals surface area contributed by atoms with Crippen LogP contribution in [0.5, 0.6) is 5.75 Å². The van der Waals surface area contributed by atoms with E-state index in [4.69, 9.17) is 0 Å². The van der Waals surface area contributed by atoms with E-state index in [1.807, 2.05) is 35.8 Å². The molecule has 0 fully saturated rings. The van der Waals surface area contributed by atoms with Crippen molar-refractivity contribution in [1.82, 2.24) is 20.2 Å². The monoisotopic (exact) mass is 513 g/mol. The Morgan fingerprint density at radius 3 is 2.32 bits per heavy atom. The Hall–Kier alpha value is -3.91. The van der Waals surface area contributed by atoms with Crippen LogP contribution in [0.25, 0.3) is 17.1 Å². The highest BCUT2D eigenvalue weighted by Gasteiger charge is 2.19. The fourth-order valence-electron chi connectivity index (χ4n) is 3.74. The molecule has 0 aliphatic heterocycles. The van der Waals surface area contributed by atoms with Crippen molar-refractivity contribution in [3.8, 4) is 22.8 Å². The molecule has 2 N–H and O–H groups in total. The Labute approximate surface area is 221 Å². The van der Waals surface area contributed by atoms with Gasteiger partial charge in [0.25, 0.3) is 5.91 Å². The predicted molar refractivity (Wildman–Crippen MR) is 149 cm³/mol. The fraction of sp³-hybridized carbons (Fsp3) is 0.241. The molecule has 0 aliphatic carbocycles. The molecule has 0 radical (unpaired) electrons. The van der Waals surface area contributed by atoms with Gasteiger partial charge in [0.2, 0.25) is 0 Å². The van der Waals surface area contributed by atoms with E-state index in [0.717, 1.165) is 16.8 Å².